The molecule has 4 rings (SSSR count). The van der Waals surface area contributed by atoms with Gasteiger partial charge in [-0.2, -0.15) is 13.2 Å². The lowest BCUT2D eigenvalue weighted by Crippen LogP contribution is -2.44. The van der Waals surface area contributed by atoms with E-state index in [1.807, 2.05) is 24.0 Å². The fourth-order valence-electron chi connectivity index (χ4n) is 3.82. The molecule has 2 aliphatic rings. The fourth-order valence-corrected chi connectivity index (χ4v) is 3.82. The van der Waals surface area contributed by atoms with Crippen molar-refractivity contribution in [2.45, 2.75) is 38.3 Å². The average molecular weight is 408 g/mol. The number of benzene rings is 2. The van der Waals surface area contributed by atoms with Gasteiger partial charge in [-0.1, -0.05) is 12.1 Å². The van der Waals surface area contributed by atoms with Crippen LogP contribution >= 0.6 is 0 Å². The number of halogens is 4. The minimum atomic E-state index is -4.59. The maximum absolute atomic E-state index is 13.7. The van der Waals surface area contributed by atoms with Gasteiger partial charge in [0.25, 0.3) is 5.91 Å². The molecule has 4 nitrogen and oxygen atoms in total. The Morgan fingerprint density at radius 2 is 2.00 bits per heavy atom. The molecule has 0 spiro atoms. The first-order valence-electron chi connectivity index (χ1n) is 9.34. The molecule has 2 aromatic carbocycles. The topological polar surface area (TPSA) is 41.6 Å². The highest BCUT2D eigenvalue weighted by molar-refractivity contribution is 5.98. The van der Waals surface area contributed by atoms with Gasteiger partial charge in [0, 0.05) is 31.2 Å². The number of ether oxygens (including phenoxy) is 1. The van der Waals surface area contributed by atoms with Gasteiger partial charge in [0.2, 0.25) is 0 Å². The van der Waals surface area contributed by atoms with E-state index < -0.39 is 17.6 Å². The van der Waals surface area contributed by atoms with Crippen LogP contribution in [0, 0.1) is 5.82 Å². The molecule has 0 unspecified atom stereocenters. The minimum absolute atomic E-state index is 0.0264. The molecule has 1 amide bonds. The van der Waals surface area contributed by atoms with E-state index >= 15 is 0 Å². The van der Waals surface area contributed by atoms with Crippen molar-refractivity contribution in [3.63, 3.8) is 0 Å². The molecule has 0 radical (unpaired) electrons. The molecule has 1 N–H and O–H groups in total. The first kappa shape index (κ1) is 19.8. The summed E-state index contributed by atoms with van der Waals surface area (Å²) >= 11 is 0. The summed E-state index contributed by atoms with van der Waals surface area (Å²) in [5.41, 5.74) is 1.75. The molecule has 0 bridgehead atoms. The summed E-state index contributed by atoms with van der Waals surface area (Å²) in [6.07, 6.45) is -4.87. The zero-order chi connectivity index (χ0) is 20.8. The van der Waals surface area contributed by atoms with Crippen LogP contribution in [0.4, 0.5) is 17.6 Å². The summed E-state index contributed by atoms with van der Waals surface area (Å²) in [4.78, 5) is 13.7. The monoisotopic (exact) mass is 408 g/mol. The summed E-state index contributed by atoms with van der Waals surface area (Å²) in [5.74, 6) is -0.999. The van der Waals surface area contributed by atoms with Crippen molar-refractivity contribution in [2.75, 3.05) is 13.2 Å². The van der Waals surface area contributed by atoms with E-state index in [0.29, 0.717) is 31.3 Å². The smallest absolute Gasteiger partial charge is 0.371 e. The van der Waals surface area contributed by atoms with E-state index in [1.54, 1.807) is 6.07 Å². The molecule has 8 heteroatoms. The molecule has 2 aliphatic heterocycles. The van der Waals surface area contributed by atoms with Crippen LogP contribution in [0.2, 0.25) is 0 Å². The number of nitrogens with one attached hydrogen (secondary N) is 1. The standard InChI is InChI=1S/C21H20F4N2O2/c1-12-11-29-19(14-2-3-18-15(6-14)8-26-20(18)28)10-27(12)9-13-4-16(21(23,24)25)7-17(22)5-13/h2-7,12,19H,8-11H2,1H3,(H,26,28)/t12-,19+/m0/s1. The number of alkyl halides is 3. The van der Waals surface area contributed by atoms with E-state index in [2.05, 4.69) is 5.32 Å². The highest BCUT2D eigenvalue weighted by atomic mass is 19.4. The number of nitrogens with zero attached hydrogens (tertiary/aromatic N) is 1. The molecular weight excluding hydrogens is 388 g/mol. The Balaban J connectivity index is 1.53. The second-order valence-electron chi connectivity index (χ2n) is 7.55. The van der Waals surface area contributed by atoms with Gasteiger partial charge in [0.1, 0.15) is 5.82 Å². The van der Waals surface area contributed by atoms with E-state index in [1.165, 1.54) is 0 Å². The molecule has 0 saturated carbocycles. The van der Waals surface area contributed by atoms with E-state index in [4.69, 9.17) is 4.74 Å². The summed E-state index contributed by atoms with van der Waals surface area (Å²) < 4.78 is 58.6. The van der Waals surface area contributed by atoms with Crippen molar-refractivity contribution in [3.8, 4) is 0 Å². The van der Waals surface area contributed by atoms with Gasteiger partial charge in [-0.3, -0.25) is 9.69 Å². The zero-order valence-corrected chi connectivity index (χ0v) is 15.7. The molecule has 2 aromatic rings. The quantitative estimate of drug-likeness (QED) is 0.780. The van der Waals surface area contributed by atoms with Crippen LogP contribution in [0.5, 0.6) is 0 Å². The third-order valence-electron chi connectivity index (χ3n) is 5.42. The van der Waals surface area contributed by atoms with Crippen molar-refractivity contribution in [1.82, 2.24) is 10.2 Å². The predicted molar refractivity (Wildman–Crippen MR) is 97.6 cm³/mol. The third-order valence-corrected chi connectivity index (χ3v) is 5.42. The summed E-state index contributed by atoms with van der Waals surface area (Å²) in [6, 6.07) is 8.14. The Labute approximate surface area is 165 Å². The number of amides is 1. The Morgan fingerprint density at radius 3 is 2.76 bits per heavy atom. The number of hydrogen-bond acceptors (Lipinski definition) is 3. The predicted octanol–water partition coefficient (Wildman–Crippen LogP) is 4.05. The van der Waals surface area contributed by atoms with Gasteiger partial charge in [-0.05, 0) is 47.9 Å². The lowest BCUT2D eigenvalue weighted by molar-refractivity contribution is -0.137. The normalized spacial score (nSPS) is 22.4. The Kier molecular flexibility index (Phi) is 5.08. The lowest BCUT2D eigenvalue weighted by atomic mass is 10.00. The van der Waals surface area contributed by atoms with Crippen LogP contribution in [-0.2, 0) is 24.0 Å². The van der Waals surface area contributed by atoms with Crippen molar-refractivity contribution < 1.29 is 27.1 Å². The van der Waals surface area contributed by atoms with E-state index in [0.717, 1.165) is 23.3 Å². The van der Waals surface area contributed by atoms with Crippen LogP contribution in [0.25, 0.3) is 0 Å². The second-order valence-corrected chi connectivity index (χ2v) is 7.55. The van der Waals surface area contributed by atoms with Crippen LogP contribution in [0.3, 0.4) is 0 Å². The summed E-state index contributed by atoms with van der Waals surface area (Å²) in [6.45, 7) is 3.44. The molecule has 0 aliphatic carbocycles. The number of morpholine rings is 1. The van der Waals surface area contributed by atoms with Crippen molar-refractivity contribution in [1.29, 1.82) is 0 Å². The maximum Gasteiger partial charge on any atom is 0.416 e. The number of carbonyl (C=O) groups is 1. The molecule has 2 atom stereocenters. The van der Waals surface area contributed by atoms with Gasteiger partial charge in [-0.25, -0.2) is 4.39 Å². The number of hydrogen-bond donors (Lipinski definition) is 1. The molecule has 1 fully saturated rings. The van der Waals surface area contributed by atoms with Gasteiger partial charge in [-0.15, -0.1) is 0 Å². The molecular formula is C21H20F4N2O2. The molecule has 29 heavy (non-hydrogen) atoms. The van der Waals surface area contributed by atoms with E-state index in [9.17, 15) is 22.4 Å². The number of carbonyl (C=O) groups excluding carboxylic acids is 1. The summed E-state index contributed by atoms with van der Waals surface area (Å²) in [5, 5.41) is 2.77. The van der Waals surface area contributed by atoms with Crippen molar-refractivity contribution >= 4 is 5.91 Å². The van der Waals surface area contributed by atoms with Gasteiger partial charge >= 0.3 is 6.18 Å². The molecule has 154 valence electrons. The molecule has 2 heterocycles. The average Bonchev–Trinajstić information content (AvgIpc) is 3.03. The molecule has 0 aromatic heterocycles. The number of rotatable bonds is 3. The maximum atomic E-state index is 13.7. The Hall–Kier alpha value is -2.45. The second kappa shape index (κ2) is 7.42. The molecule has 1 saturated heterocycles. The van der Waals surface area contributed by atoms with Gasteiger partial charge in [0.05, 0.1) is 18.3 Å². The van der Waals surface area contributed by atoms with Crippen molar-refractivity contribution in [2.24, 2.45) is 0 Å². The number of fused-ring (bicyclic) bond motifs is 1. The van der Waals surface area contributed by atoms with Gasteiger partial charge in [0.15, 0.2) is 0 Å². The Bertz CT molecular complexity index is 945. The third kappa shape index (κ3) is 4.13. The SMILES string of the molecule is C[C@H]1CO[C@@H](c2ccc3c(c2)CNC3=O)CN1Cc1cc(F)cc(C(F)(F)F)c1. The van der Waals surface area contributed by atoms with E-state index in [-0.39, 0.29) is 30.2 Å². The first-order valence-corrected chi connectivity index (χ1v) is 9.34. The fraction of sp³-hybridized carbons (Fsp3) is 0.381. The largest absolute Gasteiger partial charge is 0.416 e. The van der Waals surface area contributed by atoms with Crippen LogP contribution in [-0.4, -0.2) is 30.0 Å². The van der Waals surface area contributed by atoms with Crippen LogP contribution in [0.15, 0.2) is 36.4 Å². The first-order chi connectivity index (χ1) is 13.7. The highest BCUT2D eigenvalue weighted by Gasteiger charge is 2.33. The summed E-state index contributed by atoms with van der Waals surface area (Å²) in [7, 11) is 0. The highest BCUT2D eigenvalue weighted by Crippen LogP contribution is 2.32. The Morgan fingerprint density at radius 1 is 1.21 bits per heavy atom. The zero-order valence-electron chi connectivity index (χ0n) is 15.7. The lowest BCUT2D eigenvalue weighted by Gasteiger charge is -2.38. The van der Waals surface area contributed by atoms with Crippen molar-refractivity contribution in [3.05, 3.63) is 70.0 Å². The van der Waals surface area contributed by atoms with Gasteiger partial charge < -0.3 is 10.1 Å². The minimum Gasteiger partial charge on any atom is -0.371 e. The van der Waals surface area contributed by atoms with Crippen LogP contribution in [0.1, 0.15) is 45.6 Å². The van der Waals surface area contributed by atoms with Crippen LogP contribution < -0.4 is 5.32 Å².